The van der Waals surface area contributed by atoms with Crippen molar-refractivity contribution in [1.29, 1.82) is 0 Å². The Morgan fingerprint density at radius 2 is 0.651 bits per heavy atom. The molecule has 2 atom stereocenters. The van der Waals surface area contributed by atoms with E-state index >= 15 is 0 Å². The van der Waals surface area contributed by atoms with Crippen molar-refractivity contribution >= 4 is 17.9 Å². The maximum absolute atomic E-state index is 13.0. The molecule has 0 aliphatic heterocycles. The van der Waals surface area contributed by atoms with Crippen LogP contribution in [0.3, 0.4) is 0 Å². The Morgan fingerprint density at radius 3 is 0.964 bits per heavy atom. The lowest BCUT2D eigenvalue weighted by Crippen LogP contribution is -2.40. The monoisotopic (exact) mass is 1170 g/mol. The summed E-state index contributed by atoms with van der Waals surface area (Å²) in [4.78, 5) is 37.6. The molecule has 1 N–H and O–H groups in total. The van der Waals surface area contributed by atoms with E-state index in [1.54, 1.807) is 0 Å². The molecule has 0 saturated carbocycles. The SMILES string of the molecule is CCCCCCC/C=C\C/C=C\C/C=C\CCCCCCCCCCCCCCCCCCC(=O)OC(COC(=O)CCCCCCCCCCCCCCCCCCCCCCCCCCCCC)COC(OCC[N+](C)(C)C)C(=O)O. The van der Waals surface area contributed by atoms with Gasteiger partial charge in [-0.15, -0.1) is 0 Å². The zero-order valence-electron chi connectivity index (χ0n) is 55.9. The molecular weight excluding hydrogens is 1030 g/mol. The van der Waals surface area contributed by atoms with Gasteiger partial charge in [0.2, 0.25) is 0 Å². The van der Waals surface area contributed by atoms with Gasteiger partial charge in [0, 0.05) is 12.8 Å². The summed E-state index contributed by atoms with van der Waals surface area (Å²) in [7, 11) is 5.99. The Balaban J connectivity index is 4.06. The fourth-order valence-corrected chi connectivity index (χ4v) is 10.8. The highest BCUT2D eigenvalue weighted by atomic mass is 16.7. The molecule has 9 heteroatoms. The van der Waals surface area contributed by atoms with Crippen molar-refractivity contribution in [3.63, 3.8) is 0 Å². The summed E-state index contributed by atoms with van der Waals surface area (Å²) >= 11 is 0. The van der Waals surface area contributed by atoms with Crippen molar-refractivity contribution in [2.45, 2.75) is 373 Å². The van der Waals surface area contributed by atoms with Gasteiger partial charge in [-0.2, -0.15) is 0 Å². The van der Waals surface area contributed by atoms with Crippen LogP contribution >= 0.6 is 0 Å². The van der Waals surface area contributed by atoms with Crippen LogP contribution in [0.15, 0.2) is 36.5 Å². The number of ether oxygens (including phenoxy) is 4. The van der Waals surface area contributed by atoms with E-state index < -0.39 is 18.4 Å². The first-order valence-corrected chi connectivity index (χ1v) is 36.2. The normalized spacial score (nSPS) is 12.8. The number of hydrogen-bond donors (Lipinski definition) is 1. The van der Waals surface area contributed by atoms with Crippen molar-refractivity contribution < 1.29 is 42.9 Å². The number of carboxylic acids is 1. The van der Waals surface area contributed by atoms with Crippen LogP contribution in [0, 0.1) is 0 Å². The van der Waals surface area contributed by atoms with Gasteiger partial charge in [-0.3, -0.25) is 9.59 Å². The number of carboxylic acid groups (broad SMARTS) is 1. The Morgan fingerprint density at radius 1 is 0.361 bits per heavy atom. The van der Waals surface area contributed by atoms with Crippen LogP contribution in [0.25, 0.3) is 0 Å². The molecule has 0 aromatic carbocycles. The third-order valence-electron chi connectivity index (χ3n) is 16.4. The topological polar surface area (TPSA) is 108 Å². The predicted molar refractivity (Wildman–Crippen MR) is 355 cm³/mol. The van der Waals surface area contributed by atoms with Crippen molar-refractivity contribution in [3.05, 3.63) is 36.5 Å². The highest BCUT2D eigenvalue weighted by Crippen LogP contribution is 2.19. The fourth-order valence-electron chi connectivity index (χ4n) is 10.8. The molecule has 0 aliphatic carbocycles. The minimum Gasteiger partial charge on any atom is -0.477 e. The number of rotatable bonds is 68. The van der Waals surface area contributed by atoms with Crippen LogP contribution in [0.2, 0.25) is 0 Å². The summed E-state index contributed by atoms with van der Waals surface area (Å²) in [6.45, 7) is 4.94. The molecule has 0 fully saturated rings. The third-order valence-corrected chi connectivity index (χ3v) is 16.4. The number of likely N-dealkylation sites (N-methyl/N-ethyl adjacent to an activating group) is 1. The second kappa shape index (κ2) is 65.5. The van der Waals surface area contributed by atoms with E-state index in [4.69, 9.17) is 18.9 Å². The van der Waals surface area contributed by atoms with Gasteiger partial charge in [0.05, 0.1) is 34.4 Å². The number of carbonyl (C=O) groups excluding carboxylic acids is 2. The van der Waals surface area contributed by atoms with Crippen molar-refractivity contribution in [2.24, 2.45) is 0 Å². The lowest BCUT2D eigenvalue weighted by molar-refractivity contribution is -0.870. The summed E-state index contributed by atoms with van der Waals surface area (Å²) in [6, 6.07) is 0. The van der Waals surface area contributed by atoms with Crippen LogP contribution in [-0.4, -0.2) is 87.4 Å². The summed E-state index contributed by atoms with van der Waals surface area (Å²) < 4.78 is 23.0. The first-order valence-electron chi connectivity index (χ1n) is 36.2. The average Bonchev–Trinajstić information content (AvgIpc) is 3.46. The van der Waals surface area contributed by atoms with Crippen LogP contribution in [0.4, 0.5) is 0 Å². The molecule has 0 rings (SSSR count). The van der Waals surface area contributed by atoms with E-state index in [0.29, 0.717) is 17.4 Å². The summed E-state index contributed by atoms with van der Waals surface area (Å²) in [5.74, 6) is -1.98. The van der Waals surface area contributed by atoms with Gasteiger partial charge in [-0.25, -0.2) is 4.79 Å². The van der Waals surface area contributed by atoms with Gasteiger partial charge in [0.15, 0.2) is 6.10 Å². The van der Waals surface area contributed by atoms with Crippen molar-refractivity contribution in [1.82, 2.24) is 0 Å². The maximum atomic E-state index is 13.0. The van der Waals surface area contributed by atoms with Gasteiger partial charge in [-0.05, 0) is 51.4 Å². The Kier molecular flexibility index (Phi) is 63.5. The molecule has 0 saturated heterocycles. The second-order valence-corrected chi connectivity index (χ2v) is 25.9. The molecule has 0 amide bonds. The van der Waals surface area contributed by atoms with E-state index in [-0.39, 0.29) is 38.2 Å². The average molecular weight is 1170 g/mol. The van der Waals surface area contributed by atoms with Crippen LogP contribution in [-0.2, 0) is 33.3 Å². The molecular formula is C74H140NO8+. The molecule has 0 aromatic rings. The minimum absolute atomic E-state index is 0.176. The molecule has 2 unspecified atom stereocenters. The summed E-state index contributed by atoms with van der Waals surface area (Å²) in [5.41, 5.74) is 0. The number of nitrogens with zero attached hydrogens (tertiary/aromatic N) is 1. The van der Waals surface area contributed by atoms with E-state index in [0.717, 1.165) is 51.4 Å². The van der Waals surface area contributed by atoms with Gasteiger partial charge < -0.3 is 28.5 Å². The lowest BCUT2D eigenvalue weighted by Gasteiger charge is -2.25. The third kappa shape index (κ3) is 66.9. The highest BCUT2D eigenvalue weighted by molar-refractivity contribution is 5.71. The number of carbonyl (C=O) groups is 3. The van der Waals surface area contributed by atoms with Gasteiger partial charge in [0.1, 0.15) is 13.2 Å². The predicted octanol–water partition coefficient (Wildman–Crippen LogP) is 22.4. The van der Waals surface area contributed by atoms with Gasteiger partial charge in [0.25, 0.3) is 6.29 Å². The van der Waals surface area contributed by atoms with E-state index in [1.165, 1.54) is 283 Å². The molecule has 0 aromatic heterocycles. The van der Waals surface area contributed by atoms with Crippen LogP contribution < -0.4 is 0 Å². The maximum Gasteiger partial charge on any atom is 0.361 e. The largest absolute Gasteiger partial charge is 0.477 e. The molecule has 9 nitrogen and oxygen atoms in total. The van der Waals surface area contributed by atoms with Crippen LogP contribution in [0.1, 0.15) is 361 Å². The zero-order valence-corrected chi connectivity index (χ0v) is 55.9. The molecule has 83 heavy (non-hydrogen) atoms. The summed E-state index contributed by atoms with van der Waals surface area (Å²) in [5, 5.41) is 9.75. The van der Waals surface area contributed by atoms with E-state index in [9.17, 15) is 19.5 Å². The lowest BCUT2D eigenvalue weighted by atomic mass is 10.0. The van der Waals surface area contributed by atoms with Crippen molar-refractivity contribution in [2.75, 3.05) is 47.5 Å². The van der Waals surface area contributed by atoms with E-state index in [2.05, 4.69) is 50.3 Å². The smallest absolute Gasteiger partial charge is 0.361 e. The summed E-state index contributed by atoms with van der Waals surface area (Å²) in [6.07, 6.45) is 79.8. The number of allylic oxidation sites excluding steroid dienone is 6. The van der Waals surface area contributed by atoms with Crippen molar-refractivity contribution in [3.8, 4) is 0 Å². The quantitative estimate of drug-likeness (QED) is 0.0211. The first kappa shape index (κ1) is 80.5. The molecule has 0 spiro atoms. The Labute approximate surface area is 515 Å². The zero-order chi connectivity index (χ0) is 60.5. The second-order valence-electron chi connectivity index (χ2n) is 25.9. The van der Waals surface area contributed by atoms with Gasteiger partial charge >= 0.3 is 17.9 Å². The Bertz CT molecular complexity index is 1450. The molecule has 0 heterocycles. The van der Waals surface area contributed by atoms with Crippen LogP contribution in [0.5, 0.6) is 0 Å². The molecule has 0 bridgehead atoms. The Hall–Kier alpha value is -2.49. The number of hydrogen-bond acceptors (Lipinski definition) is 7. The standard InChI is InChI=1S/C74H139NO8/c1-6-8-10-12-14-16-18-20-22-24-26-28-30-32-34-35-36-37-39-41-43-45-47-49-51-53-55-57-59-61-63-65-72(77)83-70(69-82-74(73(78)79)80-67-66-75(3,4)5)68-81-71(76)64-62-60-58-56-54-52-50-48-46-44-42-40-38-33-31-29-27-25-23-21-19-17-15-13-11-9-7-2/h18,20,24,26,30,32,70,74H,6-17,19,21-23,25,27-29,31,33-69H2,1-5H3/p+1/b20-18-,26-24-,32-30-. The molecule has 488 valence electrons. The van der Waals surface area contributed by atoms with Gasteiger partial charge in [-0.1, -0.05) is 333 Å². The number of aliphatic carboxylic acids is 1. The first-order chi connectivity index (χ1) is 40.6. The molecule has 0 aliphatic rings. The number of esters is 2. The van der Waals surface area contributed by atoms with E-state index in [1.807, 2.05) is 21.1 Å². The molecule has 0 radical (unpaired) electrons. The minimum atomic E-state index is -1.51. The fraction of sp³-hybridized carbons (Fsp3) is 0.878. The number of unbranched alkanes of at least 4 members (excludes halogenated alkanes) is 47. The highest BCUT2D eigenvalue weighted by Gasteiger charge is 2.25. The number of quaternary nitrogens is 1.